The SMILES string of the molecule is Cc1c([C@@H](C)NC(=O)NC2CCCC23CCOCC3)oc2ccccc12. The molecule has 2 heterocycles. The molecule has 26 heavy (non-hydrogen) atoms. The number of aryl methyl sites for hydroxylation is 1. The Hall–Kier alpha value is -2.01. The van der Waals surface area contributed by atoms with Gasteiger partial charge in [-0.15, -0.1) is 0 Å². The number of amides is 2. The second-order valence-corrected chi connectivity index (χ2v) is 7.85. The Kier molecular flexibility index (Phi) is 4.65. The Labute approximate surface area is 154 Å². The van der Waals surface area contributed by atoms with Gasteiger partial charge in [0.15, 0.2) is 0 Å². The maximum atomic E-state index is 12.6. The predicted octanol–water partition coefficient (Wildman–Crippen LogP) is 4.45. The summed E-state index contributed by atoms with van der Waals surface area (Å²) in [5, 5.41) is 7.42. The van der Waals surface area contributed by atoms with E-state index in [1.165, 1.54) is 12.8 Å². The van der Waals surface area contributed by atoms with Crippen molar-refractivity contribution >= 4 is 17.0 Å². The Balaban J connectivity index is 1.43. The number of carbonyl (C=O) groups is 1. The molecule has 2 aliphatic rings. The van der Waals surface area contributed by atoms with Gasteiger partial charge in [0.05, 0.1) is 6.04 Å². The number of ether oxygens (including phenoxy) is 1. The molecule has 0 radical (unpaired) electrons. The first-order valence-electron chi connectivity index (χ1n) is 9.72. The van der Waals surface area contributed by atoms with E-state index in [9.17, 15) is 4.79 Å². The Morgan fingerprint density at radius 3 is 2.77 bits per heavy atom. The minimum absolute atomic E-state index is 0.102. The van der Waals surface area contributed by atoms with Crippen molar-refractivity contribution in [2.45, 2.75) is 58.0 Å². The molecule has 5 nitrogen and oxygen atoms in total. The van der Waals surface area contributed by atoms with E-state index in [1.54, 1.807) is 0 Å². The lowest BCUT2D eigenvalue weighted by molar-refractivity contribution is 0.00618. The van der Waals surface area contributed by atoms with Gasteiger partial charge in [0.2, 0.25) is 0 Å². The van der Waals surface area contributed by atoms with E-state index in [4.69, 9.17) is 9.15 Å². The van der Waals surface area contributed by atoms with E-state index in [1.807, 2.05) is 32.0 Å². The van der Waals surface area contributed by atoms with Crippen LogP contribution >= 0.6 is 0 Å². The fourth-order valence-corrected chi connectivity index (χ4v) is 4.81. The summed E-state index contributed by atoms with van der Waals surface area (Å²) in [6.45, 7) is 5.65. The van der Waals surface area contributed by atoms with E-state index in [0.717, 1.165) is 54.8 Å². The van der Waals surface area contributed by atoms with Gasteiger partial charge in [-0.3, -0.25) is 0 Å². The number of hydrogen-bond donors (Lipinski definition) is 2. The zero-order chi connectivity index (χ0) is 18.1. The van der Waals surface area contributed by atoms with Crippen LogP contribution in [-0.4, -0.2) is 25.3 Å². The van der Waals surface area contributed by atoms with E-state index >= 15 is 0 Å². The molecule has 2 amide bonds. The van der Waals surface area contributed by atoms with E-state index < -0.39 is 0 Å². The molecule has 1 aromatic heterocycles. The van der Waals surface area contributed by atoms with E-state index in [-0.39, 0.29) is 23.5 Å². The molecule has 2 N–H and O–H groups in total. The number of nitrogens with one attached hydrogen (secondary N) is 2. The zero-order valence-corrected chi connectivity index (χ0v) is 15.6. The summed E-state index contributed by atoms with van der Waals surface area (Å²) in [4.78, 5) is 12.6. The standard InChI is InChI=1S/C21H28N2O3/c1-14-16-6-3-4-7-17(16)26-19(14)15(2)22-20(24)23-18-8-5-9-21(18)10-12-25-13-11-21/h3-4,6-7,15,18H,5,8-13H2,1-2H3,(H2,22,23,24)/t15-,18?/m1/s1. The number of furan rings is 1. The highest BCUT2D eigenvalue weighted by atomic mass is 16.5. The molecule has 2 atom stereocenters. The van der Waals surface area contributed by atoms with Gasteiger partial charge in [-0.2, -0.15) is 0 Å². The third kappa shape index (κ3) is 3.09. The van der Waals surface area contributed by atoms with E-state index in [0.29, 0.717) is 0 Å². The Bertz CT molecular complexity index is 792. The lowest BCUT2D eigenvalue weighted by Gasteiger charge is -2.39. The van der Waals surface area contributed by atoms with Gasteiger partial charge in [-0.05, 0) is 51.0 Å². The van der Waals surface area contributed by atoms with Gasteiger partial charge < -0.3 is 19.8 Å². The fraction of sp³-hybridized carbons (Fsp3) is 0.571. The summed E-state index contributed by atoms with van der Waals surface area (Å²) in [7, 11) is 0. The minimum atomic E-state index is -0.172. The summed E-state index contributed by atoms with van der Waals surface area (Å²) in [5.74, 6) is 0.827. The van der Waals surface area contributed by atoms with Crippen LogP contribution in [0.4, 0.5) is 4.79 Å². The molecule has 4 rings (SSSR count). The maximum Gasteiger partial charge on any atom is 0.315 e. The fourth-order valence-electron chi connectivity index (χ4n) is 4.81. The number of benzene rings is 1. The van der Waals surface area contributed by atoms with Crippen LogP contribution in [0.3, 0.4) is 0 Å². The van der Waals surface area contributed by atoms with Crippen molar-refractivity contribution in [3.05, 3.63) is 35.6 Å². The van der Waals surface area contributed by atoms with Crippen molar-refractivity contribution in [3.63, 3.8) is 0 Å². The zero-order valence-electron chi connectivity index (χ0n) is 15.6. The van der Waals surface area contributed by atoms with Gasteiger partial charge in [0.1, 0.15) is 11.3 Å². The monoisotopic (exact) mass is 356 g/mol. The minimum Gasteiger partial charge on any atom is -0.459 e. The van der Waals surface area contributed by atoms with Crippen molar-refractivity contribution in [2.75, 3.05) is 13.2 Å². The highest BCUT2D eigenvalue weighted by Crippen LogP contribution is 2.46. The summed E-state index contributed by atoms with van der Waals surface area (Å²) < 4.78 is 11.5. The topological polar surface area (TPSA) is 63.5 Å². The molecule has 1 unspecified atom stereocenters. The van der Waals surface area contributed by atoms with Gasteiger partial charge in [-0.1, -0.05) is 24.6 Å². The van der Waals surface area contributed by atoms with E-state index in [2.05, 4.69) is 16.7 Å². The van der Waals surface area contributed by atoms with Crippen LogP contribution in [0.2, 0.25) is 0 Å². The highest BCUT2D eigenvalue weighted by molar-refractivity contribution is 5.82. The van der Waals surface area contributed by atoms with Gasteiger partial charge in [0.25, 0.3) is 0 Å². The van der Waals surface area contributed by atoms with Crippen molar-refractivity contribution in [1.29, 1.82) is 0 Å². The highest BCUT2D eigenvalue weighted by Gasteiger charge is 2.44. The molecule has 5 heteroatoms. The maximum absolute atomic E-state index is 12.6. The molecule has 1 saturated heterocycles. The van der Waals surface area contributed by atoms with Crippen LogP contribution in [0.15, 0.2) is 28.7 Å². The average Bonchev–Trinajstić information content (AvgIpc) is 3.17. The van der Waals surface area contributed by atoms with Crippen molar-refractivity contribution in [2.24, 2.45) is 5.41 Å². The molecule has 1 aliphatic carbocycles. The molecule has 1 spiro atoms. The molecule has 1 aromatic carbocycles. The normalized spacial score (nSPS) is 23.2. The first-order valence-corrected chi connectivity index (χ1v) is 9.72. The number of rotatable bonds is 3. The summed E-state index contributed by atoms with van der Waals surface area (Å²) in [6.07, 6.45) is 5.54. The number of carbonyl (C=O) groups excluding carboxylic acids is 1. The molecule has 1 saturated carbocycles. The Morgan fingerprint density at radius 1 is 1.23 bits per heavy atom. The Morgan fingerprint density at radius 2 is 2.00 bits per heavy atom. The number of urea groups is 1. The molecule has 2 fully saturated rings. The third-order valence-electron chi connectivity index (χ3n) is 6.32. The number of para-hydroxylation sites is 1. The van der Waals surface area contributed by atoms with Crippen LogP contribution in [0.25, 0.3) is 11.0 Å². The second-order valence-electron chi connectivity index (χ2n) is 7.85. The average molecular weight is 356 g/mol. The summed E-state index contributed by atoms with van der Waals surface area (Å²) in [5.41, 5.74) is 2.19. The molecule has 1 aliphatic heterocycles. The largest absolute Gasteiger partial charge is 0.459 e. The van der Waals surface area contributed by atoms with Gasteiger partial charge in [0, 0.05) is 30.2 Å². The molecule has 2 aromatic rings. The van der Waals surface area contributed by atoms with Crippen LogP contribution in [-0.2, 0) is 4.74 Å². The lowest BCUT2D eigenvalue weighted by atomic mass is 9.75. The first-order chi connectivity index (χ1) is 12.6. The van der Waals surface area contributed by atoms with Crippen molar-refractivity contribution in [1.82, 2.24) is 10.6 Å². The summed E-state index contributed by atoms with van der Waals surface area (Å²) in [6, 6.07) is 7.96. The number of fused-ring (bicyclic) bond motifs is 1. The summed E-state index contributed by atoms with van der Waals surface area (Å²) >= 11 is 0. The van der Waals surface area contributed by atoms with Crippen LogP contribution < -0.4 is 10.6 Å². The van der Waals surface area contributed by atoms with Crippen molar-refractivity contribution in [3.8, 4) is 0 Å². The molecule has 0 bridgehead atoms. The lowest BCUT2D eigenvalue weighted by Crippen LogP contribution is -2.50. The quantitative estimate of drug-likeness (QED) is 0.854. The smallest absolute Gasteiger partial charge is 0.315 e. The number of hydrogen-bond acceptors (Lipinski definition) is 3. The third-order valence-corrected chi connectivity index (χ3v) is 6.32. The van der Waals surface area contributed by atoms with Gasteiger partial charge >= 0.3 is 6.03 Å². The van der Waals surface area contributed by atoms with Crippen molar-refractivity contribution < 1.29 is 13.9 Å². The molecular formula is C21H28N2O3. The van der Waals surface area contributed by atoms with Crippen LogP contribution in [0, 0.1) is 12.3 Å². The van der Waals surface area contributed by atoms with Gasteiger partial charge in [-0.25, -0.2) is 4.79 Å². The molecular weight excluding hydrogens is 328 g/mol. The molecule has 140 valence electrons. The van der Waals surface area contributed by atoms with Crippen LogP contribution in [0.5, 0.6) is 0 Å². The first kappa shape index (κ1) is 17.4. The van der Waals surface area contributed by atoms with Crippen LogP contribution in [0.1, 0.15) is 56.4 Å². The second kappa shape index (κ2) is 6.95. The predicted molar refractivity (Wildman–Crippen MR) is 101 cm³/mol.